The summed E-state index contributed by atoms with van der Waals surface area (Å²) < 4.78 is 5.24. The Labute approximate surface area is 162 Å². The van der Waals surface area contributed by atoms with Crippen molar-refractivity contribution in [2.75, 3.05) is 0 Å². The van der Waals surface area contributed by atoms with Gasteiger partial charge in [0.05, 0.1) is 12.1 Å². The number of hydrogen-bond donors (Lipinski definition) is 1. The third-order valence-electron chi connectivity index (χ3n) is 4.88. The van der Waals surface area contributed by atoms with E-state index in [4.69, 9.17) is 4.52 Å². The molecule has 0 fully saturated rings. The molecule has 1 N–H and O–H groups in total. The molecular weight excluding hydrogens is 354 g/mol. The first-order chi connectivity index (χ1) is 13.3. The summed E-state index contributed by atoms with van der Waals surface area (Å²) in [5.74, 6) is -0.476. The van der Waals surface area contributed by atoms with Gasteiger partial charge in [0.15, 0.2) is 5.58 Å². The number of amides is 2. The Hall–Kier alpha value is -3.28. The van der Waals surface area contributed by atoms with Crippen LogP contribution in [0.25, 0.3) is 11.0 Å². The maximum atomic E-state index is 12.4. The number of hydrogen-bond acceptors (Lipinski definition) is 4. The smallest absolute Gasteiger partial charge is 0.252 e. The predicted molar refractivity (Wildman–Crippen MR) is 107 cm³/mol. The molecule has 28 heavy (non-hydrogen) atoms. The minimum Gasteiger partial charge on any atom is -0.356 e. The van der Waals surface area contributed by atoms with Crippen LogP contribution in [0.15, 0.2) is 69.4 Å². The fourth-order valence-corrected chi connectivity index (χ4v) is 3.54. The summed E-state index contributed by atoms with van der Waals surface area (Å²) in [5.41, 5.74) is 3.38. The van der Waals surface area contributed by atoms with E-state index in [0.29, 0.717) is 17.0 Å². The number of aliphatic imine (C=N–C) groups is 1. The molecule has 0 bridgehead atoms. The summed E-state index contributed by atoms with van der Waals surface area (Å²) >= 11 is 0. The van der Waals surface area contributed by atoms with Gasteiger partial charge < -0.3 is 9.84 Å². The van der Waals surface area contributed by atoms with Crippen LogP contribution in [-0.2, 0) is 16.0 Å². The first-order valence-corrected chi connectivity index (χ1v) is 9.19. The lowest BCUT2D eigenvalue weighted by Crippen LogP contribution is -2.36. The summed E-state index contributed by atoms with van der Waals surface area (Å²) in [4.78, 5) is 28.7. The van der Waals surface area contributed by atoms with Crippen molar-refractivity contribution in [3.8, 4) is 0 Å². The molecule has 2 heterocycles. The van der Waals surface area contributed by atoms with Crippen LogP contribution in [0.5, 0.6) is 0 Å². The van der Waals surface area contributed by atoms with Gasteiger partial charge in [0.25, 0.3) is 5.91 Å². The van der Waals surface area contributed by atoms with Gasteiger partial charge in [-0.25, -0.2) is 4.99 Å². The third-order valence-corrected chi connectivity index (χ3v) is 4.88. The van der Waals surface area contributed by atoms with Gasteiger partial charge in [0, 0.05) is 23.1 Å². The summed E-state index contributed by atoms with van der Waals surface area (Å²) in [6, 6.07) is 7.41. The van der Waals surface area contributed by atoms with Crippen LogP contribution >= 0.6 is 0 Å². The van der Waals surface area contributed by atoms with Crippen LogP contribution < -0.4 is 5.32 Å². The van der Waals surface area contributed by atoms with Gasteiger partial charge in [0.1, 0.15) is 5.69 Å². The molecule has 6 nitrogen and oxygen atoms in total. The summed E-state index contributed by atoms with van der Waals surface area (Å²) in [7, 11) is 0. The molecule has 1 aromatic carbocycles. The highest BCUT2D eigenvalue weighted by atomic mass is 16.5. The minimum absolute atomic E-state index is 0.00811. The average molecular weight is 375 g/mol. The molecule has 1 aliphatic heterocycles. The van der Waals surface area contributed by atoms with Gasteiger partial charge in [-0.15, -0.1) is 0 Å². The number of carbonyl (C=O) groups is 2. The number of nitrogens with one attached hydrogen (secondary N) is 1. The quantitative estimate of drug-likeness (QED) is 0.870. The van der Waals surface area contributed by atoms with Crippen LogP contribution in [-0.4, -0.2) is 22.7 Å². The molecule has 1 atom stereocenters. The van der Waals surface area contributed by atoms with Crippen LogP contribution in [0.4, 0.5) is 0 Å². The molecule has 1 unspecified atom stereocenters. The molecule has 2 aromatic rings. The highest BCUT2D eigenvalue weighted by molar-refractivity contribution is 6.11. The molecule has 0 saturated carbocycles. The maximum Gasteiger partial charge on any atom is 0.252 e. The number of rotatable bonds is 2. The van der Waals surface area contributed by atoms with Gasteiger partial charge >= 0.3 is 0 Å². The molecule has 0 spiro atoms. The van der Waals surface area contributed by atoms with Gasteiger partial charge in [-0.1, -0.05) is 44.1 Å². The Morgan fingerprint density at radius 3 is 2.82 bits per heavy atom. The fourth-order valence-electron chi connectivity index (χ4n) is 3.54. The van der Waals surface area contributed by atoms with Crippen molar-refractivity contribution in [3.63, 3.8) is 0 Å². The number of benzene rings is 1. The normalized spacial score (nSPS) is 20.6. The van der Waals surface area contributed by atoms with E-state index in [1.165, 1.54) is 0 Å². The first-order valence-electron chi connectivity index (χ1n) is 9.19. The highest BCUT2D eigenvalue weighted by Crippen LogP contribution is 2.38. The topological polar surface area (TPSA) is 84.6 Å². The molecular formula is C22H21N3O3. The van der Waals surface area contributed by atoms with E-state index in [1.54, 1.807) is 12.2 Å². The Kier molecular flexibility index (Phi) is 4.34. The molecule has 2 amide bonds. The van der Waals surface area contributed by atoms with E-state index in [9.17, 15) is 9.59 Å². The molecule has 4 rings (SSSR count). The lowest BCUT2D eigenvalue weighted by atomic mass is 9.74. The summed E-state index contributed by atoms with van der Waals surface area (Å²) in [6.07, 6.45) is 7.28. The Bertz CT molecular complexity index is 1090. The monoisotopic (exact) mass is 375 g/mol. The third kappa shape index (κ3) is 3.45. The van der Waals surface area contributed by atoms with E-state index in [-0.39, 0.29) is 29.6 Å². The number of carbonyl (C=O) groups excluding carboxylic acids is 2. The van der Waals surface area contributed by atoms with E-state index in [1.807, 2.05) is 36.4 Å². The second-order valence-electron chi connectivity index (χ2n) is 8.01. The number of fused-ring (bicyclic) bond motifs is 2. The second-order valence-corrected chi connectivity index (χ2v) is 8.01. The zero-order valence-corrected chi connectivity index (χ0v) is 16.0. The number of nitrogens with zero attached hydrogens (tertiary/aromatic N) is 2. The molecule has 142 valence electrons. The molecule has 1 aromatic heterocycles. The summed E-state index contributed by atoms with van der Waals surface area (Å²) in [6.45, 7) is 6.24. The molecule has 1 aliphatic carbocycles. The average Bonchev–Trinajstić information content (AvgIpc) is 3.03. The van der Waals surface area contributed by atoms with Crippen LogP contribution in [0, 0.1) is 11.3 Å². The lowest BCUT2D eigenvalue weighted by molar-refractivity contribution is -0.117. The van der Waals surface area contributed by atoms with Crippen molar-refractivity contribution in [2.24, 2.45) is 16.3 Å². The molecule has 0 radical (unpaired) electrons. The van der Waals surface area contributed by atoms with Gasteiger partial charge in [-0.2, -0.15) is 0 Å². The highest BCUT2D eigenvalue weighted by Gasteiger charge is 2.32. The predicted octanol–water partition coefficient (Wildman–Crippen LogP) is 3.51. The van der Waals surface area contributed by atoms with Crippen LogP contribution in [0.1, 0.15) is 26.5 Å². The number of aromatic nitrogens is 1. The van der Waals surface area contributed by atoms with Crippen molar-refractivity contribution in [2.45, 2.75) is 27.2 Å². The van der Waals surface area contributed by atoms with Crippen molar-refractivity contribution < 1.29 is 14.1 Å². The van der Waals surface area contributed by atoms with Gasteiger partial charge in [-0.05, 0) is 35.3 Å². The SMILES string of the molecule is CC(C)(C)C1=CC(=O)NC2=CC(=NC(=O)Cc3noc4ccccc34)C=CC21. The largest absolute Gasteiger partial charge is 0.356 e. The zero-order valence-electron chi connectivity index (χ0n) is 16.0. The molecule has 0 saturated heterocycles. The number of para-hydroxylation sites is 1. The fraction of sp³-hybridized carbons (Fsp3) is 0.273. The van der Waals surface area contributed by atoms with Crippen molar-refractivity contribution in [1.82, 2.24) is 10.5 Å². The Balaban J connectivity index is 1.56. The van der Waals surface area contributed by atoms with E-state index >= 15 is 0 Å². The minimum atomic E-state index is -0.317. The van der Waals surface area contributed by atoms with E-state index in [0.717, 1.165) is 16.7 Å². The molecule has 2 aliphatic rings. The first kappa shape index (κ1) is 18.1. The van der Waals surface area contributed by atoms with E-state index in [2.05, 4.69) is 36.2 Å². The Morgan fingerprint density at radius 2 is 2.04 bits per heavy atom. The summed E-state index contributed by atoms with van der Waals surface area (Å²) in [5, 5.41) is 7.66. The van der Waals surface area contributed by atoms with Crippen LogP contribution in [0.3, 0.4) is 0 Å². The molecule has 6 heteroatoms. The Morgan fingerprint density at radius 1 is 1.25 bits per heavy atom. The van der Waals surface area contributed by atoms with E-state index < -0.39 is 0 Å². The second kappa shape index (κ2) is 6.71. The van der Waals surface area contributed by atoms with Gasteiger partial charge in [-0.3, -0.25) is 9.59 Å². The van der Waals surface area contributed by atoms with Crippen molar-refractivity contribution in [1.29, 1.82) is 0 Å². The zero-order chi connectivity index (χ0) is 19.9. The lowest BCUT2D eigenvalue weighted by Gasteiger charge is -2.34. The van der Waals surface area contributed by atoms with Crippen LogP contribution in [0.2, 0.25) is 0 Å². The standard InChI is InChI=1S/C22H21N3O3/c1-22(2,3)16-11-20(26)24-17-10-13(8-9-14(16)17)23-21(27)12-18-15-6-4-5-7-19(15)28-25-18/h4-11,14H,12H2,1-3H3,(H,24,26). The number of allylic oxidation sites excluding steroid dienone is 3. The van der Waals surface area contributed by atoms with Crippen molar-refractivity contribution in [3.05, 3.63) is 65.5 Å². The maximum absolute atomic E-state index is 12.4. The van der Waals surface area contributed by atoms with Gasteiger partial charge in [0.2, 0.25) is 5.91 Å². The van der Waals surface area contributed by atoms with Crippen molar-refractivity contribution >= 4 is 28.5 Å².